The van der Waals surface area contributed by atoms with Gasteiger partial charge in [-0.15, -0.1) is 0 Å². The number of thiocarbonyl (C=S) groups is 1. The van der Waals surface area contributed by atoms with Crippen molar-refractivity contribution in [2.75, 3.05) is 27.3 Å². The Morgan fingerprint density at radius 1 is 0.875 bits per heavy atom. The van der Waals surface area contributed by atoms with E-state index in [2.05, 4.69) is 22.8 Å². The SMILES string of the molecule is COc1cccc(CCNC(=S)NCCc2ccccc2)c1OC. The maximum Gasteiger partial charge on any atom is 0.166 e. The molecule has 24 heavy (non-hydrogen) atoms. The Labute approximate surface area is 149 Å². The van der Waals surface area contributed by atoms with Gasteiger partial charge in [0.1, 0.15) is 0 Å². The van der Waals surface area contributed by atoms with Crippen LogP contribution in [0.15, 0.2) is 48.5 Å². The van der Waals surface area contributed by atoms with Crippen LogP contribution in [0, 0.1) is 0 Å². The van der Waals surface area contributed by atoms with Crippen molar-refractivity contribution in [1.29, 1.82) is 0 Å². The number of nitrogens with one attached hydrogen (secondary N) is 2. The Bertz CT molecular complexity index is 647. The molecule has 0 aliphatic rings. The molecule has 0 atom stereocenters. The van der Waals surface area contributed by atoms with Gasteiger partial charge in [-0.25, -0.2) is 0 Å². The van der Waals surface area contributed by atoms with Crippen molar-refractivity contribution in [1.82, 2.24) is 10.6 Å². The van der Waals surface area contributed by atoms with Gasteiger partial charge in [-0.3, -0.25) is 0 Å². The van der Waals surface area contributed by atoms with E-state index in [-0.39, 0.29) is 0 Å². The van der Waals surface area contributed by atoms with Gasteiger partial charge in [0.15, 0.2) is 16.6 Å². The molecule has 128 valence electrons. The van der Waals surface area contributed by atoms with Crippen LogP contribution < -0.4 is 20.1 Å². The third-order valence-electron chi connectivity index (χ3n) is 3.71. The van der Waals surface area contributed by atoms with Crippen LogP contribution in [0.5, 0.6) is 11.5 Å². The van der Waals surface area contributed by atoms with Crippen molar-refractivity contribution in [3.05, 3.63) is 59.7 Å². The minimum Gasteiger partial charge on any atom is -0.493 e. The summed E-state index contributed by atoms with van der Waals surface area (Å²) in [4.78, 5) is 0. The third-order valence-corrected chi connectivity index (χ3v) is 4.00. The predicted molar refractivity (Wildman–Crippen MR) is 102 cm³/mol. The van der Waals surface area contributed by atoms with Gasteiger partial charge in [0.05, 0.1) is 14.2 Å². The molecule has 2 N–H and O–H groups in total. The zero-order valence-electron chi connectivity index (χ0n) is 14.2. The molecule has 0 spiro atoms. The molecule has 0 saturated carbocycles. The Hall–Kier alpha value is -2.27. The fourth-order valence-corrected chi connectivity index (χ4v) is 2.69. The summed E-state index contributed by atoms with van der Waals surface area (Å²) in [6.07, 6.45) is 1.76. The number of hydrogen-bond donors (Lipinski definition) is 2. The standard InChI is InChI=1S/C19H24N2O2S/c1-22-17-10-6-9-16(18(17)23-2)12-14-21-19(24)20-13-11-15-7-4-3-5-8-15/h3-10H,11-14H2,1-2H3,(H2,20,21,24). The summed E-state index contributed by atoms with van der Waals surface area (Å²) >= 11 is 5.32. The highest BCUT2D eigenvalue weighted by Crippen LogP contribution is 2.30. The molecular weight excluding hydrogens is 320 g/mol. The zero-order chi connectivity index (χ0) is 17.2. The lowest BCUT2D eigenvalue weighted by Gasteiger charge is -2.14. The van der Waals surface area contributed by atoms with Gasteiger partial charge in [-0.05, 0) is 42.3 Å². The summed E-state index contributed by atoms with van der Waals surface area (Å²) < 4.78 is 10.8. The first-order valence-electron chi connectivity index (χ1n) is 8.00. The van der Waals surface area contributed by atoms with Gasteiger partial charge >= 0.3 is 0 Å². The molecule has 2 aromatic carbocycles. The van der Waals surface area contributed by atoms with E-state index in [4.69, 9.17) is 21.7 Å². The van der Waals surface area contributed by atoms with E-state index in [0.717, 1.165) is 43.0 Å². The minimum absolute atomic E-state index is 0.674. The summed E-state index contributed by atoms with van der Waals surface area (Å²) in [5, 5.41) is 7.14. The highest BCUT2D eigenvalue weighted by atomic mass is 32.1. The fraction of sp³-hybridized carbons (Fsp3) is 0.316. The Morgan fingerprint density at radius 3 is 2.25 bits per heavy atom. The van der Waals surface area contributed by atoms with Crippen molar-refractivity contribution in [3.63, 3.8) is 0 Å². The summed E-state index contributed by atoms with van der Waals surface area (Å²) in [5.74, 6) is 1.53. The van der Waals surface area contributed by atoms with Gasteiger partial charge < -0.3 is 20.1 Å². The topological polar surface area (TPSA) is 42.5 Å². The van der Waals surface area contributed by atoms with Crippen LogP contribution >= 0.6 is 12.2 Å². The van der Waals surface area contributed by atoms with Crippen molar-refractivity contribution in [3.8, 4) is 11.5 Å². The normalized spacial score (nSPS) is 10.1. The quantitative estimate of drug-likeness (QED) is 0.721. The molecule has 2 aromatic rings. The van der Waals surface area contributed by atoms with Crippen molar-refractivity contribution < 1.29 is 9.47 Å². The third kappa shape index (κ3) is 5.42. The van der Waals surface area contributed by atoms with E-state index >= 15 is 0 Å². The molecule has 0 aromatic heterocycles. The molecule has 4 nitrogen and oxygen atoms in total. The minimum atomic E-state index is 0.674. The van der Waals surface area contributed by atoms with Crippen LogP contribution in [0.2, 0.25) is 0 Å². The number of rotatable bonds is 8. The van der Waals surface area contributed by atoms with E-state index < -0.39 is 0 Å². The van der Waals surface area contributed by atoms with Crippen molar-refractivity contribution >= 4 is 17.3 Å². The summed E-state index contributed by atoms with van der Waals surface area (Å²) in [7, 11) is 3.30. The lowest BCUT2D eigenvalue weighted by atomic mass is 10.1. The van der Waals surface area contributed by atoms with Crippen LogP contribution in [0.4, 0.5) is 0 Å². The first-order valence-corrected chi connectivity index (χ1v) is 8.41. The Morgan fingerprint density at radius 2 is 1.58 bits per heavy atom. The number of benzene rings is 2. The second-order valence-corrected chi connectivity index (χ2v) is 5.73. The predicted octanol–water partition coefficient (Wildman–Crippen LogP) is 2.95. The fourth-order valence-electron chi connectivity index (χ4n) is 2.49. The second kappa shape index (κ2) is 9.78. The average Bonchev–Trinajstić information content (AvgIpc) is 2.62. The van der Waals surface area contributed by atoms with E-state index in [1.807, 2.05) is 36.4 Å². The lowest BCUT2D eigenvalue weighted by Crippen LogP contribution is -2.37. The van der Waals surface area contributed by atoms with E-state index in [1.165, 1.54) is 5.56 Å². The van der Waals surface area contributed by atoms with Crippen molar-refractivity contribution in [2.24, 2.45) is 0 Å². The molecule has 0 radical (unpaired) electrons. The highest BCUT2D eigenvalue weighted by Gasteiger charge is 2.09. The largest absolute Gasteiger partial charge is 0.493 e. The zero-order valence-corrected chi connectivity index (χ0v) is 15.0. The van der Waals surface area contributed by atoms with Crippen LogP contribution in [-0.2, 0) is 12.8 Å². The number of para-hydroxylation sites is 1. The van der Waals surface area contributed by atoms with Crippen LogP contribution in [0.1, 0.15) is 11.1 Å². The molecular formula is C19H24N2O2S. The number of methoxy groups -OCH3 is 2. The Balaban J connectivity index is 1.73. The first-order chi connectivity index (χ1) is 11.7. The summed E-state index contributed by atoms with van der Waals surface area (Å²) in [6, 6.07) is 16.3. The lowest BCUT2D eigenvalue weighted by molar-refractivity contribution is 0.351. The van der Waals surface area contributed by atoms with E-state index in [1.54, 1.807) is 14.2 Å². The molecule has 0 amide bonds. The summed E-state index contributed by atoms with van der Waals surface area (Å²) in [5.41, 5.74) is 2.39. The maximum absolute atomic E-state index is 5.44. The average molecular weight is 344 g/mol. The molecule has 0 saturated heterocycles. The van der Waals surface area contributed by atoms with Gasteiger partial charge in [-0.2, -0.15) is 0 Å². The smallest absolute Gasteiger partial charge is 0.166 e. The molecule has 0 heterocycles. The second-order valence-electron chi connectivity index (χ2n) is 5.32. The van der Waals surface area contributed by atoms with Crippen LogP contribution in [-0.4, -0.2) is 32.4 Å². The number of hydrogen-bond acceptors (Lipinski definition) is 3. The molecule has 0 aliphatic carbocycles. The van der Waals surface area contributed by atoms with E-state index in [9.17, 15) is 0 Å². The number of ether oxygens (including phenoxy) is 2. The molecule has 0 bridgehead atoms. The summed E-state index contributed by atoms with van der Waals surface area (Å²) in [6.45, 7) is 1.55. The van der Waals surface area contributed by atoms with Gasteiger partial charge in [0, 0.05) is 13.1 Å². The maximum atomic E-state index is 5.44. The highest BCUT2D eigenvalue weighted by molar-refractivity contribution is 7.80. The van der Waals surface area contributed by atoms with Gasteiger partial charge in [0.2, 0.25) is 0 Å². The molecule has 0 fully saturated rings. The van der Waals surface area contributed by atoms with Gasteiger partial charge in [0.25, 0.3) is 0 Å². The molecule has 0 unspecified atom stereocenters. The van der Waals surface area contributed by atoms with Crippen LogP contribution in [0.3, 0.4) is 0 Å². The first kappa shape index (κ1) is 18.1. The van der Waals surface area contributed by atoms with Crippen LogP contribution in [0.25, 0.3) is 0 Å². The molecule has 0 aliphatic heterocycles. The van der Waals surface area contributed by atoms with E-state index in [0.29, 0.717) is 5.11 Å². The molecule has 5 heteroatoms. The Kier molecular flexibility index (Phi) is 7.36. The molecule has 2 rings (SSSR count). The van der Waals surface area contributed by atoms with Gasteiger partial charge in [-0.1, -0.05) is 42.5 Å². The monoisotopic (exact) mass is 344 g/mol. The van der Waals surface area contributed by atoms with Crippen molar-refractivity contribution in [2.45, 2.75) is 12.8 Å².